The molecule has 2 heterocycles. The van der Waals surface area contributed by atoms with E-state index in [1.54, 1.807) is 11.0 Å². The molecule has 0 bridgehead atoms. The Labute approximate surface area is 219 Å². The van der Waals surface area contributed by atoms with Crippen LogP contribution in [0.15, 0.2) is 101 Å². The molecule has 0 unspecified atom stereocenters. The number of nitrogens with one attached hydrogen (secondary N) is 1. The van der Waals surface area contributed by atoms with Crippen molar-refractivity contribution in [1.29, 1.82) is 5.41 Å². The van der Waals surface area contributed by atoms with Gasteiger partial charge in [-0.3, -0.25) is 15.1 Å². The number of fused-ring (bicyclic) bond motifs is 1. The van der Waals surface area contributed by atoms with Crippen molar-refractivity contribution >= 4 is 40.4 Å². The third-order valence-corrected chi connectivity index (χ3v) is 6.44. The number of aliphatic imine (C=N–C) groups is 1. The first-order valence-electron chi connectivity index (χ1n) is 11.8. The van der Waals surface area contributed by atoms with Gasteiger partial charge in [0.15, 0.2) is 5.17 Å². The van der Waals surface area contributed by atoms with Crippen molar-refractivity contribution in [3.05, 3.63) is 107 Å². The molecule has 0 aliphatic carbocycles. The van der Waals surface area contributed by atoms with E-state index in [-0.39, 0.29) is 11.4 Å². The smallest absolute Gasteiger partial charge is 0.283 e. The Morgan fingerprint density at radius 3 is 2.11 bits per heavy atom. The van der Waals surface area contributed by atoms with Crippen molar-refractivity contribution in [2.24, 2.45) is 4.99 Å². The molecule has 5 rings (SSSR count). The number of nitrogens with zero attached hydrogens (tertiary/aromatic N) is 2. The Bertz CT molecular complexity index is 1350. The van der Waals surface area contributed by atoms with E-state index < -0.39 is 5.91 Å². The van der Waals surface area contributed by atoms with E-state index in [0.717, 1.165) is 22.6 Å². The molecule has 1 amide bonds. The normalized spacial score (nSPS) is 15.9. The van der Waals surface area contributed by atoms with E-state index >= 15 is 0 Å². The van der Waals surface area contributed by atoms with Gasteiger partial charge in [-0.1, -0.05) is 72.4 Å². The Morgan fingerprint density at radius 2 is 1.43 bits per heavy atom. The number of carbonyl (C=O) groups excluding carboxylic acids is 1. The van der Waals surface area contributed by atoms with Gasteiger partial charge in [-0.15, -0.1) is 0 Å². The van der Waals surface area contributed by atoms with Crippen LogP contribution in [0.1, 0.15) is 11.1 Å². The van der Waals surface area contributed by atoms with Crippen LogP contribution in [-0.4, -0.2) is 48.2 Å². The fourth-order valence-electron chi connectivity index (χ4n) is 3.80. The molecular weight excluding hydrogens is 486 g/mol. The number of amidine groups is 2. The summed E-state index contributed by atoms with van der Waals surface area (Å²) >= 11 is 1.35. The Balaban J connectivity index is 1.13. The van der Waals surface area contributed by atoms with Gasteiger partial charge in [0, 0.05) is 5.41 Å². The number of hydrogen-bond acceptors (Lipinski definition) is 6. The predicted molar refractivity (Wildman–Crippen MR) is 147 cm³/mol. The second kappa shape index (κ2) is 11.7. The maximum absolute atomic E-state index is 12.7. The van der Waals surface area contributed by atoms with Crippen LogP contribution in [0.25, 0.3) is 11.8 Å². The predicted octanol–water partition coefficient (Wildman–Crippen LogP) is 5.47. The Morgan fingerprint density at radius 1 is 0.811 bits per heavy atom. The van der Waals surface area contributed by atoms with Gasteiger partial charge in [0.05, 0.1) is 24.5 Å². The maximum atomic E-state index is 12.7. The zero-order valence-corrected chi connectivity index (χ0v) is 20.8. The summed E-state index contributed by atoms with van der Waals surface area (Å²) in [5.74, 6) is 1.22. The van der Waals surface area contributed by atoms with Gasteiger partial charge < -0.3 is 14.2 Å². The lowest BCUT2D eigenvalue weighted by Gasteiger charge is -2.26. The fourth-order valence-corrected chi connectivity index (χ4v) is 4.69. The van der Waals surface area contributed by atoms with Crippen LogP contribution >= 0.6 is 11.8 Å². The maximum Gasteiger partial charge on any atom is 0.283 e. The molecule has 3 aromatic carbocycles. The third kappa shape index (κ3) is 5.99. The highest BCUT2D eigenvalue weighted by molar-refractivity contribution is 8.17. The number of carbonyl (C=O) groups is 1. The van der Waals surface area contributed by atoms with Crippen LogP contribution in [0.3, 0.4) is 0 Å². The van der Waals surface area contributed by atoms with Crippen molar-refractivity contribution in [2.45, 2.75) is 0 Å². The second-order valence-electron chi connectivity index (χ2n) is 8.12. The lowest BCUT2D eigenvalue weighted by molar-refractivity contribution is -0.114. The van der Waals surface area contributed by atoms with Crippen molar-refractivity contribution in [3.8, 4) is 11.5 Å². The standard InChI is InChI=1S/C29H25N3O4S/c30-27-25(28(33)31-29-32(27)26(20-37-29)22-7-3-1-4-8-22)19-21-11-13-24(14-12-21)36-18-16-34-15-17-35-23-9-5-2-6-10-23/h1-14,19-20,30H,15-18H2/b25-19+,30-27?. The number of para-hydroxylation sites is 1. The monoisotopic (exact) mass is 511 g/mol. The van der Waals surface area contributed by atoms with E-state index in [2.05, 4.69) is 4.99 Å². The summed E-state index contributed by atoms with van der Waals surface area (Å²) in [6, 6.07) is 26.8. The van der Waals surface area contributed by atoms with E-state index in [1.165, 1.54) is 11.8 Å². The second-order valence-corrected chi connectivity index (χ2v) is 8.96. The Kier molecular flexibility index (Phi) is 7.78. The van der Waals surface area contributed by atoms with Crippen LogP contribution < -0.4 is 9.47 Å². The molecule has 2 aliphatic heterocycles. The van der Waals surface area contributed by atoms with Crippen LogP contribution in [0.2, 0.25) is 0 Å². The van der Waals surface area contributed by atoms with Crippen LogP contribution in [-0.2, 0) is 9.53 Å². The number of amides is 1. The molecular formula is C29H25N3O4S. The number of rotatable bonds is 10. The molecule has 2 aliphatic rings. The summed E-state index contributed by atoms with van der Waals surface area (Å²) in [4.78, 5) is 18.6. The first-order valence-corrected chi connectivity index (χ1v) is 12.7. The highest BCUT2D eigenvalue weighted by Gasteiger charge is 2.36. The van der Waals surface area contributed by atoms with E-state index in [9.17, 15) is 4.79 Å². The van der Waals surface area contributed by atoms with Crippen LogP contribution in [0, 0.1) is 5.41 Å². The molecule has 0 aromatic heterocycles. The number of benzene rings is 3. The van der Waals surface area contributed by atoms with Crippen LogP contribution in [0.4, 0.5) is 0 Å². The molecule has 3 aromatic rings. The summed E-state index contributed by atoms with van der Waals surface area (Å²) in [7, 11) is 0. The van der Waals surface area contributed by atoms with Gasteiger partial charge in [-0.05, 0) is 41.5 Å². The molecule has 0 saturated heterocycles. The van der Waals surface area contributed by atoms with E-state index in [1.807, 2.05) is 90.3 Å². The molecule has 0 radical (unpaired) electrons. The van der Waals surface area contributed by atoms with Gasteiger partial charge in [0.25, 0.3) is 5.91 Å². The highest BCUT2D eigenvalue weighted by atomic mass is 32.2. The zero-order chi connectivity index (χ0) is 25.5. The molecule has 0 saturated carbocycles. The van der Waals surface area contributed by atoms with Crippen molar-refractivity contribution in [1.82, 2.24) is 4.90 Å². The van der Waals surface area contributed by atoms with Crippen molar-refractivity contribution in [2.75, 3.05) is 26.4 Å². The summed E-state index contributed by atoms with van der Waals surface area (Å²) < 4.78 is 16.9. The molecule has 0 atom stereocenters. The number of ether oxygens (including phenoxy) is 3. The minimum absolute atomic E-state index is 0.115. The van der Waals surface area contributed by atoms with Gasteiger partial charge in [0.1, 0.15) is 30.5 Å². The Hall–Kier alpha value is -4.14. The average molecular weight is 512 g/mol. The van der Waals surface area contributed by atoms with Gasteiger partial charge in [-0.25, -0.2) is 0 Å². The first kappa shape index (κ1) is 24.5. The summed E-state index contributed by atoms with van der Waals surface area (Å²) in [5, 5.41) is 11.2. The van der Waals surface area contributed by atoms with Gasteiger partial charge in [0.2, 0.25) is 0 Å². The topological polar surface area (TPSA) is 84.2 Å². The van der Waals surface area contributed by atoms with E-state index in [4.69, 9.17) is 19.6 Å². The fraction of sp³-hybridized carbons (Fsp3) is 0.138. The lowest BCUT2D eigenvalue weighted by Crippen LogP contribution is -2.38. The van der Waals surface area contributed by atoms with Crippen LogP contribution in [0.5, 0.6) is 11.5 Å². The quantitative estimate of drug-likeness (QED) is 0.287. The molecule has 1 N–H and O–H groups in total. The van der Waals surface area contributed by atoms with Crippen molar-refractivity contribution < 1.29 is 19.0 Å². The SMILES string of the molecule is N=C1/C(=C\c2ccc(OCCOCCOc3ccccc3)cc2)C(=O)N=C2SC=C(c3ccccc3)N12. The largest absolute Gasteiger partial charge is 0.491 e. The lowest BCUT2D eigenvalue weighted by atomic mass is 10.1. The van der Waals surface area contributed by atoms with Gasteiger partial charge in [-0.2, -0.15) is 4.99 Å². The molecule has 0 spiro atoms. The number of hydrogen-bond donors (Lipinski definition) is 1. The first-order chi connectivity index (χ1) is 18.2. The minimum atomic E-state index is -0.416. The molecule has 7 nitrogen and oxygen atoms in total. The van der Waals surface area contributed by atoms with Crippen molar-refractivity contribution in [3.63, 3.8) is 0 Å². The summed E-state index contributed by atoms with van der Waals surface area (Å²) in [6.45, 7) is 1.81. The van der Waals surface area contributed by atoms with E-state index in [0.29, 0.717) is 37.3 Å². The molecule has 0 fully saturated rings. The molecule has 186 valence electrons. The third-order valence-electron chi connectivity index (χ3n) is 5.61. The molecule has 37 heavy (non-hydrogen) atoms. The summed E-state index contributed by atoms with van der Waals surface area (Å²) in [5.41, 5.74) is 2.83. The highest BCUT2D eigenvalue weighted by Crippen LogP contribution is 2.37. The van der Waals surface area contributed by atoms with Gasteiger partial charge >= 0.3 is 0 Å². The summed E-state index contributed by atoms with van der Waals surface area (Å²) in [6.07, 6.45) is 1.69. The molecule has 8 heteroatoms. The zero-order valence-electron chi connectivity index (χ0n) is 20.0. The average Bonchev–Trinajstić information content (AvgIpc) is 3.36. The number of thioether (sulfide) groups is 1. The minimum Gasteiger partial charge on any atom is -0.491 e.